The Balaban J connectivity index is 1.48. The van der Waals surface area contributed by atoms with Gasteiger partial charge >= 0.3 is 0 Å². The molecule has 0 saturated heterocycles. The third kappa shape index (κ3) is 3.23. The molecule has 26 heavy (non-hydrogen) atoms. The van der Waals surface area contributed by atoms with E-state index in [0.717, 1.165) is 33.0 Å². The number of thiazole rings is 1. The van der Waals surface area contributed by atoms with E-state index in [1.54, 1.807) is 11.3 Å². The third-order valence-electron chi connectivity index (χ3n) is 4.23. The van der Waals surface area contributed by atoms with Crippen LogP contribution in [-0.4, -0.2) is 16.0 Å². The monoisotopic (exact) mass is 363 g/mol. The fourth-order valence-electron chi connectivity index (χ4n) is 2.81. The molecule has 2 aromatic carbocycles. The summed E-state index contributed by atoms with van der Waals surface area (Å²) in [4.78, 5) is 16.9. The van der Waals surface area contributed by atoms with E-state index in [0.29, 0.717) is 5.76 Å². The zero-order valence-electron chi connectivity index (χ0n) is 14.4. The van der Waals surface area contributed by atoms with Gasteiger partial charge in [0, 0.05) is 16.8 Å². The summed E-state index contributed by atoms with van der Waals surface area (Å²) in [5.41, 5.74) is 4.39. The molecule has 0 unspecified atom stereocenters. The molecule has 4 aromatic rings. The Morgan fingerprint density at radius 3 is 2.58 bits per heavy atom. The number of nitrogens with one attached hydrogen (secondary N) is 1. The zero-order chi connectivity index (χ0) is 18.1. The molecular formula is C20H17N3O2S. The van der Waals surface area contributed by atoms with E-state index in [9.17, 15) is 4.79 Å². The third-order valence-corrected chi connectivity index (χ3v) is 5.31. The van der Waals surface area contributed by atoms with Gasteiger partial charge in [-0.25, -0.2) is 4.98 Å². The second-order valence-electron chi connectivity index (χ2n) is 6.09. The standard InChI is InChI=1S/C20H17N3O2S/c1-12-16(13(2)25-23-12)11-19(24)21-15-9-7-14(8-10-15)20-22-17-5-3-4-6-18(17)26-20/h3-10H,11H2,1-2H3,(H,21,24). The average molecular weight is 363 g/mol. The van der Waals surface area contributed by atoms with Crippen molar-refractivity contribution in [1.29, 1.82) is 0 Å². The van der Waals surface area contributed by atoms with Gasteiger partial charge in [0.1, 0.15) is 10.8 Å². The Labute approximate surface area is 154 Å². The van der Waals surface area contributed by atoms with Crippen LogP contribution in [-0.2, 0) is 11.2 Å². The molecule has 0 atom stereocenters. The highest BCUT2D eigenvalue weighted by Gasteiger charge is 2.13. The lowest BCUT2D eigenvalue weighted by Gasteiger charge is -2.06. The van der Waals surface area contributed by atoms with E-state index in [4.69, 9.17) is 4.52 Å². The van der Waals surface area contributed by atoms with Crippen LogP contribution in [0.5, 0.6) is 0 Å². The number of aryl methyl sites for hydroxylation is 2. The number of anilines is 1. The lowest BCUT2D eigenvalue weighted by molar-refractivity contribution is -0.115. The van der Waals surface area contributed by atoms with Crippen molar-refractivity contribution in [2.24, 2.45) is 0 Å². The van der Waals surface area contributed by atoms with Crippen molar-refractivity contribution in [2.75, 3.05) is 5.32 Å². The smallest absolute Gasteiger partial charge is 0.228 e. The van der Waals surface area contributed by atoms with E-state index >= 15 is 0 Å². The van der Waals surface area contributed by atoms with Crippen LogP contribution in [0.15, 0.2) is 53.1 Å². The molecule has 1 amide bonds. The van der Waals surface area contributed by atoms with Crippen LogP contribution in [0.25, 0.3) is 20.8 Å². The number of rotatable bonds is 4. The van der Waals surface area contributed by atoms with E-state index in [-0.39, 0.29) is 12.3 Å². The Morgan fingerprint density at radius 2 is 1.88 bits per heavy atom. The largest absolute Gasteiger partial charge is 0.361 e. The number of hydrogen-bond acceptors (Lipinski definition) is 5. The van der Waals surface area contributed by atoms with Crippen molar-refractivity contribution in [1.82, 2.24) is 10.1 Å². The molecule has 2 aromatic heterocycles. The predicted octanol–water partition coefficient (Wildman–Crippen LogP) is 4.75. The number of hydrogen-bond donors (Lipinski definition) is 1. The van der Waals surface area contributed by atoms with Crippen LogP contribution in [0.2, 0.25) is 0 Å². The topological polar surface area (TPSA) is 68.0 Å². The highest BCUT2D eigenvalue weighted by atomic mass is 32.1. The van der Waals surface area contributed by atoms with Crippen LogP contribution in [0.3, 0.4) is 0 Å². The lowest BCUT2D eigenvalue weighted by Crippen LogP contribution is -2.15. The number of aromatic nitrogens is 2. The number of nitrogens with zero attached hydrogens (tertiary/aromatic N) is 2. The molecule has 0 aliphatic heterocycles. The Hall–Kier alpha value is -2.99. The maximum absolute atomic E-state index is 12.3. The number of carbonyl (C=O) groups excluding carboxylic acids is 1. The van der Waals surface area contributed by atoms with Crippen LogP contribution < -0.4 is 5.32 Å². The first-order chi connectivity index (χ1) is 12.6. The van der Waals surface area contributed by atoms with E-state index in [1.807, 2.05) is 56.3 Å². The molecule has 4 rings (SSSR count). The van der Waals surface area contributed by atoms with Crippen LogP contribution >= 0.6 is 11.3 Å². The fourth-order valence-corrected chi connectivity index (χ4v) is 3.78. The molecule has 5 nitrogen and oxygen atoms in total. The molecule has 0 spiro atoms. The summed E-state index contributed by atoms with van der Waals surface area (Å²) in [6.45, 7) is 3.65. The predicted molar refractivity (Wildman–Crippen MR) is 103 cm³/mol. The summed E-state index contributed by atoms with van der Waals surface area (Å²) < 4.78 is 6.27. The minimum atomic E-state index is -0.0906. The summed E-state index contributed by atoms with van der Waals surface area (Å²) >= 11 is 1.66. The maximum atomic E-state index is 12.3. The Bertz CT molecular complexity index is 1030. The first-order valence-corrected chi connectivity index (χ1v) is 9.09. The molecule has 0 fully saturated rings. The van der Waals surface area contributed by atoms with Gasteiger partial charge < -0.3 is 9.84 Å². The van der Waals surface area contributed by atoms with Gasteiger partial charge in [-0.15, -0.1) is 11.3 Å². The lowest BCUT2D eigenvalue weighted by atomic mass is 10.1. The zero-order valence-corrected chi connectivity index (χ0v) is 15.3. The van der Waals surface area contributed by atoms with Crippen molar-refractivity contribution in [3.63, 3.8) is 0 Å². The summed E-state index contributed by atoms with van der Waals surface area (Å²) in [5, 5.41) is 7.77. The van der Waals surface area contributed by atoms with Gasteiger partial charge in [-0.1, -0.05) is 17.3 Å². The molecular weight excluding hydrogens is 346 g/mol. The van der Waals surface area contributed by atoms with Crippen molar-refractivity contribution in [2.45, 2.75) is 20.3 Å². The molecule has 6 heteroatoms. The molecule has 0 bridgehead atoms. The molecule has 0 saturated carbocycles. The second kappa shape index (κ2) is 6.72. The van der Waals surface area contributed by atoms with Gasteiger partial charge in [-0.3, -0.25) is 4.79 Å². The van der Waals surface area contributed by atoms with Gasteiger partial charge in [0.2, 0.25) is 5.91 Å². The number of fused-ring (bicyclic) bond motifs is 1. The van der Waals surface area contributed by atoms with Gasteiger partial charge in [0.15, 0.2) is 0 Å². The Morgan fingerprint density at radius 1 is 1.12 bits per heavy atom. The Kier molecular flexibility index (Phi) is 4.26. The number of para-hydroxylation sites is 1. The molecule has 130 valence electrons. The average Bonchev–Trinajstić information content (AvgIpc) is 3.21. The molecule has 0 aliphatic carbocycles. The normalized spacial score (nSPS) is 11.0. The van der Waals surface area contributed by atoms with E-state index in [2.05, 4.69) is 21.5 Å². The van der Waals surface area contributed by atoms with Crippen molar-refractivity contribution < 1.29 is 9.32 Å². The minimum absolute atomic E-state index is 0.0906. The first-order valence-electron chi connectivity index (χ1n) is 8.28. The minimum Gasteiger partial charge on any atom is -0.361 e. The first kappa shape index (κ1) is 16.5. The molecule has 0 radical (unpaired) electrons. The van der Waals surface area contributed by atoms with Crippen LogP contribution in [0, 0.1) is 13.8 Å². The van der Waals surface area contributed by atoms with Crippen LogP contribution in [0.1, 0.15) is 17.0 Å². The molecule has 2 heterocycles. The summed E-state index contributed by atoms with van der Waals surface area (Å²) in [5.74, 6) is 0.593. The van der Waals surface area contributed by atoms with Gasteiger partial charge in [-0.05, 0) is 50.2 Å². The summed E-state index contributed by atoms with van der Waals surface area (Å²) in [7, 11) is 0. The highest BCUT2D eigenvalue weighted by molar-refractivity contribution is 7.21. The van der Waals surface area contributed by atoms with Gasteiger partial charge in [0.05, 0.1) is 22.3 Å². The maximum Gasteiger partial charge on any atom is 0.228 e. The van der Waals surface area contributed by atoms with Crippen molar-refractivity contribution >= 4 is 33.1 Å². The SMILES string of the molecule is Cc1noc(C)c1CC(=O)Nc1ccc(-c2nc3ccccc3s2)cc1. The number of carbonyl (C=O) groups is 1. The molecule has 1 N–H and O–H groups in total. The van der Waals surface area contributed by atoms with Crippen LogP contribution in [0.4, 0.5) is 5.69 Å². The number of amides is 1. The fraction of sp³-hybridized carbons (Fsp3) is 0.150. The highest BCUT2D eigenvalue weighted by Crippen LogP contribution is 2.30. The van der Waals surface area contributed by atoms with Crippen molar-refractivity contribution in [3.8, 4) is 10.6 Å². The summed E-state index contributed by atoms with van der Waals surface area (Å²) in [6, 6.07) is 15.8. The van der Waals surface area contributed by atoms with Gasteiger partial charge in [-0.2, -0.15) is 0 Å². The summed E-state index contributed by atoms with van der Waals surface area (Å²) in [6.07, 6.45) is 0.251. The quantitative estimate of drug-likeness (QED) is 0.568. The van der Waals surface area contributed by atoms with E-state index < -0.39 is 0 Å². The van der Waals surface area contributed by atoms with Gasteiger partial charge in [0.25, 0.3) is 0 Å². The molecule has 0 aliphatic rings. The number of benzene rings is 2. The van der Waals surface area contributed by atoms with Crippen molar-refractivity contribution in [3.05, 3.63) is 65.5 Å². The second-order valence-corrected chi connectivity index (χ2v) is 7.12. The van der Waals surface area contributed by atoms with E-state index in [1.165, 1.54) is 4.70 Å².